The van der Waals surface area contributed by atoms with Gasteiger partial charge >= 0.3 is 0 Å². The quantitative estimate of drug-likeness (QED) is 0.767. The topological polar surface area (TPSA) is 93.9 Å². The number of benzene rings is 1. The molecule has 1 aliphatic heterocycles. The maximum atomic E-state index is 12.7. The summed E-state index contributed by atoms with van der Waals surface area (Å²) in [6.45, 7) is 4.92. The molecular formula is C21H27N3O5. The van der Waals surface area contributed by atoms with Crippen molar-refractivity contribution in [2.75, 3.05) is 25.5 Å². The van der Waals surface area contributed by atoms with Crippen molar-refractivity contribution in [2.24, 2.45) is 5.92 Å². The SMILES string of the molecule is COc1cccc(COC(C)C(=O)N2CCC(C(=O)Nc3cc(C)on3)CC2)c1. The number of likely N-dealkylation sites (tertiary alicyclic amines) is 1. The van der Waals surface area contributed by atoms with Crippen LogP contribution >= 0.6 is 0 Å². The smallest absolute Gasteiger partial charge is 0.251 e. The second kappa shape index (κ2) is 9.56. The van der Waals surface area contributed by atoms with E-state index in [0.717, 1.165) is 11.3 Å². The van der Waals surface area contributed by atoms with Crippen molar-refractivity contribution in [1.29, 1.82) is 0 Å². The summed E-state index contributed by atoms with van der Waals surface area (Å²) in [5, 5.41) is 6.54. The predicted octanol–water partition coefficient (Wildman–Crippen LogP) is 2.77. The normalized spacial score (nSPS) is 15.8. The zero-order chi connectivity index (χ0) is 20.8. The minimum Gasteiger partial charge on any atom is -0.497 e. The number of piperidine rings is 1. The average molecular weight is 401 g/mol. The van der Waals surface area contributed by atoms with Crippen molar-refractivity contribution in [3.63, 3.8) is 0 Å². The highest BCUT2D eigenvalue weighted by Gasteiger charge is 2.30. The molecule has 29 heavy (non-hydrogen) atoms. The molecule has 1 fully saturated rings. The van der Waals surface area contributed by atoms with E-state index in [0.29, 0.717) is 44.1 Å². The fraction of sp³-hybridized carbons (Fsp3) is 0.476. The molecule has 8 heteroatoms. The Morgan fingerprint density at radius 1 is 1.31 bits per heavy atom. The molecule has 1 aromatic heterocycles. The van der Waals surface area contributed by atoms with Gasteiger partial charge in [-0.3, -0.25) is 9.59 Å². The first-order valence-electron chi connectivity index (χ1n) is 9.73. The van der Waals surface area contributed by atoms with E-state index in [9.17, 15) is 9.59 Å². The van der Waals surface area contributed by atoms with Gasteiger partial charge in [-0.2, -0.15) is 0 Å². The van der Waals surface area contributed by atoms with Crippen LogP contribution in [0.5, 0.6) is 5.75 Å². The first-order chi connectivity index (χ1) is 14.0. The molecule has 8 nitrogen and oxygen atoms in total. The van der Waals surface area contributed by atoms with E-state index < -0.39 is 6.10 Å². The number of ether oxygens (including phenoxy) is 2. The molecule has 1 unspecified atom stereocenters. The van der Waals surface area contributed by atoms with E-state index in [2.05, 4.69) is 10.5 Å². The Kier molecular flexibility index (Phi) is 6.87. The second-order valence-corrected chi connectivity index (χ2v) is 7.22. The average Bonchev–Trinajstić information content (AvgIpc) is 3.16. The van der Waals surface area contributed by atoms with Gasteiger partial charge in [0.15, 0.2) is 5.82 Å². The lowest BCUT2D eigenvalue weighted by molar-refractivity contribution is -0.145. The van der Waals surface area contributed by atoms with Gasteiger partial charge in [-0.25, -0.2) is 0 Å². The van der Waals surface area contributed by atoms with Crippen molar-refractivity contribution >= 4 is 17.6 Å². The molecule has 1 aromatic carbocycles. The summed E-state index contributed by atoms with van der Waals surface area (Å²) in [5.41, 5.74) is 0.947. The first kappa shape index (κ1) is 20.9. The van der Waals surface area contributed by atoms with Crippen LogP contribution in [0.15, 0.2) is 34.9 Å². The van der Waals surface area contributed by atoms with Gasteiger partial charge in [0.25, 0.3) is 5.91 Å². The number of amides is 2. The van der Waals surface area contributed by atoms with Crippen molar-refractivity contribution < 1.29 is 23.6 Å². The van der Waals surface area contributed by atoms with Gasteiger partial charge in [0, 0.05) is 25.1 Å². The Morgan fingerprint density at radius 2 is 2.07 bits per heavy atom. The van der Waals surface area contributed by atoms with Crippen molar-refractivity contribution in [2.45, 2.75) is 39.4 Å². The lowest BCUT2D eigenvalue weighted by atomic mass is 9.95. The zero-order valence-electron chi connectivity index (χ0n) is 17.0. The van der Waals surface area contributed by atoms with Crippen LogP contribution in [0.3, 0.4) is 0 Å². The van der Waals surface area contributed by atoms with Crippen molar-refractivity contribution in [1.82, 2.24) is 10.1 Å². The van der Waals surface area contributed by atoms with Crippen LogP contribution in [-0.4, -0.2) is 48.2 Å². The molecule has 1 saturated heterocycles. The summed E-state index contributed by atoms with van der Waals surface area (Å²) in [7, 11) is 1.61. The summed E-state index contributed by atoms with van der Waals surface area (Å²) >= 11 is 0. The van der Waals surface area contributed by atoms with Crippen molar-refractivity contribution in [3.8, 4) is 5.75 Å². The molecule has 1 N–H and O–H groups in total. The van der Waals surface area contributed by atoms with E-state index in [1.165, 1.54) is 0 Å². The van der Waals surface area contributed by atoms with E-state index in [-0.39, 0.29) is 17.7 Å². The summed E-state index contributed by atoms with van der Waals surface area (Å²) < 4.78 is 15.9. The van der Waals surface area contributed by atoms with Gasteiger partial charge in [-0.05, 0) is 44.4 Å². The molecule has 156 valence electrons. The number of nitrogens with one attached hydrogen (secondary N) is 1. The van der Waals surface area contributed by atoms with Gasteiger partial charge in [-0.15, -0.1) is 0 Å². The lowest BCUT2D eigenvalue weighted by Gasteiger charge is -2.32. The molecular weight excluding hydrogens is 374 g/mol. The van der Waals surface area contributed by atoms with E-state index in [4.69, 9.17) is 14.0 Å². The number of carbonyl (C=O) groups is 2. The predicted molar refractivity (Wildman–Crippen MR) is 106 cm³/mol. The standard InChI is InChI=1S/C21H27N3O5/c1-14-11-19(23-29-14)22-20(25)17-7-9-24(10-8-17)21(26)15(2)28-13-16-5-4-6-18(12-16)27-3/h4-6,11-12,15,17H,7-10,13H2,1-3H3,(H,22,23,25). The molecule has 0 spiro atoms. The third-order valence-corrected chi connectivity index (χ3v) is 5.04. The number of anilines is 1. The van der Waals surface area contributed by atoms with Gasteiger partial charge in [0.1, 0.15) is 17.6 Å². The fourth-order valence-electron chi connectivity index (χ4n) is 3.33. The number of methoxy groups -OCH3 is 1. The molecule has 2 heterocycles. The molecule has 2 aromatic rings. The fourth-order valence-corrected chi connectivity index (χ4v) is 3.33. The monoisotopic (exact) mass is 401 g/mol. The highest BCUT2D eigenvalue weighted by Crippen LogP contribution is 2.21. The van der Waals surface area contributed by atoms with Crippen LogP contribution in [0.1, 0.15) is 31.1 Å². The van der Waals surface area contributed by atoms with Gasteiger partial charge < -0.3 is 24.2 Å². The molecule has 2 amide bonds. The number of carbonyl (C=O) groups excluding carboxylic acids is 2. The van der Waals surface area contributed by atoms with Crippen LogP contribution < -0.4 is 10.1 Å². The number of aryl methyl sites for hydroxylation is 1. The summed E-state index contributed by atoms with van der Waals surface area (Å²) in [6.07, 6.45) is 0.665. The molecule has 0 saturated carbocycles. The molecule has 0 bridgehead atoms. The summed E-state index contributed by atoms with van der Waals surface area (Å²) in [4.78, 5) is 26.8. The molecule has 1 aliphatic rings. The molecule has 0 radical (unpaired) electrons. The van der Waals surface area contributed by atoms with E-state index >= 15 is 0 Å². The van der Waals surface area contributed by atoms with Crippen LogP contribution in [0.4, 0.5) is 5.82 Å². The maximum Gasteiger partial charge on any atom is 0.251 e. The molecule has 1 atom stereocenters. The van der Waals surface area contributed by atoms with Crippen molar-refractivity contribution in [3.05, 3.63) is 41.7 Å². The molecule has 0 aliphatic carbocycles. The Labute approximate surface area is 170 Å². The number of nitrogens with zero attached hydrogens (tertiary/aromatic N) is 2. The molecule has 3 rings (SSSR count). The highest BCUT2D eigenvalue weighted by molar-refractivity contribution is 5.92. The number of hydrogen-bond donors (Lipinski definition) is 1. The van der Waals surface area contributed by atoms with E-state index in [1.54, 1.807) is 31.9 Å². The number of aromatic nitrogens is 1. The number of rotatable bonds is 7. The Morgan fingerprint density at radius 3 is 2.72 bits per heavy atom. The Balaban J connectivity index is 1.44. The second-order valence-electron chi connectivity index (χ2n) is 7.22. The van der Waals surface area contributed by atoms with Gasteiger partial charge in [0.2, 0.25) is 5.91 Å². The van der Waals surface area contributed by atoms with Crippen LogP contribution in [-0.2, 0) is 20.9 Å². The van der Waals surface area contributed by atoms with Crippen LogP contribution in [0.2, 0.25) is 0 Å². The summed E-state index contributed by atoms with van der Waals surface area (Å²) in [6, 6.07) is 9.25. The maximum absolute atomic E-state index is 12.7. The first-order valence-corrected chi connectivity index (χ1v) is 9.73. The largest absolute Gasteiger partial charge is 0.497 e. The third-order valence-electron chi connectivity index (χ3n) is 5.04. The van der Waals surface area contributed by atoms with Crippen LogP contribution in [0, 0.1) is 12.8 Å². The highest BCUT2D eigenvalue weighted by atomic mass is 16.5. The Bertz CT molecular complexity index is 842. The summed E-state index contributed by atoms with van der Waals surface area (Å²) in [5.74, 6) is 1.52. The minimum atomic E-state index is -0.551. The minimum absolute atomic E-state index is 0.0566. The van der Waals surface area contributed by atoms with Gasteiger partial charge in [-0.1, -0.05) is 17.3 Å². The third kappa shape index (κ3) is 5.57. The number of hydrogen-bond acceptors (Lipinski definition) is 6. The lowest BCUT2D eigenvalue weighted by Crippen LogP contribution is -2.45. The van der Waals surface area contributed by atoms with Crippen LogP contribution in [0.25, 0.3) is 0 Å². The van der Waals surface area contributed by atoms with Gasteiger partial charge in [0.05, 0.1) is 13.7 Å². The Hall–Kier alpha value is -2.87. The zero-order valence-corrected chi connectivity index (χ0v) is 17.0. The van der Waals surface area contributed by atoms with E-state index in [1.807, 2.05) is 24.3 Å².